The average molecular weight is 675 g/mol. The van der Waals surface area contributed by atoms with Crippen LogP contribution in [0, 0.1) is 41.4 Å². The van der Waals surface area contributed by atoms with E-state index >= 15 is 0 Å². The zero-order valence-corrected chi connectivity index (χ0v) is 35.9. The normalized spacial score (nSPS) is 13.3. The smallest absolute Gasteiger partial charge is 0.306 e. The summed E-state index contributed by atoms with van der Waals surface area (Å²) in [4.78, 5) is 11.1. The molecule has 1 aliphatic carbocycles. The van der Waals surface area contributed by atoms with Gasteiger partial charge in [-0.1, -0.05) is 185 Å². The predicted molar refractivity (Wildman–Crippen MR) is 219 cm³/mol. The quantitative estimate of drug-likeness (QED) is 0.184. The third kappa shape index (κ3) is 46.8. The average Bonchev–Trinajstić information content (AvgIpc) is 2.98. The topological polar surface area (TPSA) is 26.3 Å². The fourth-order valence-corrected chi connectivity index (χ4v) is 5.50. The number of esters is 1. The molecule has 1 saturated carbocycles. The Morgan fingerprint density at radius 3 is 1.50 bits per heavy atom. The van der Waals surface area contributed by atoms with Gasteiger partial charge in [0, 0.05) is 6.42 Å². The first-order chi connectivity index (χ1) is 22.3. The molecule has 1 aromatic carbocycles. The van der Waals surface area contributed by atoms with Gasteiger partial charge >= 0.3 is 5.97 Å². The van der Waals surface area contributed by atoms with Crippen molar-refractivity contribution in [3.63, 3.8) is 0 Å². The van der Waals surface area contributed by atoms with E-state index in [1.165, 1.54) is 89.0 Å². The molecule has 0 radical (unpaired) electrons. The van der Waals surface area contributed by atoms with Crippen LogP contribution in [0.5, 0.6) is 0 Å². The number of benzene rings is 1. The number of hydrogen-bond donors (Lipinski definition) is 0. The van der Waals surface area contributed by atoms with E-state index in [1.807, 2.05) is 20.8 Å². The Morgan fingerprint density at radius 2 is 1.15 bits per heavy atom. The van der Waals surface area contributed by atoms with E-state index in [0.717, 1.165) is 41.9 Å². The van der Waals surface area contributed by atoms with Crippen LogP contribution in [0.4, 0.5) is 0 Å². The van der Waals surface area contributed by atoms with E-state index in [0.29, 0.717) is 12.3 Å². The minimum absolute atomic E-state index is 0.0869. The van der Waals surface area contributed by atoms with Crippen molar-refractivity contribution >= 4 is 5.97 Å². The Balaban J connectivity index is -0.000000537. The maximum absolute atomic E-state index is 11.1. The summed E-state index contributed by atoms with van der Waals surface area (Å²) in [5.41, 5.74) is 1.12. The molecule has 1 fully saturated rings. The van der Waals surface area contributed by atoms with Crippen LogP contribution in [-0.2, 0) is 16.0 Å². The summed E-state index contributed by atoms with van der Waals surface area (Å²) in [5, 5.41) is 0. The SMILES string of the molecule is CC(C)CC(C)C.CC(C)CCC(=O)OC(C)(C)C.CC(C)CCC1CCCCC1.CC(C)CCc1ccccc1.CCCCC(C)C. The summed E-state index contributed by atoms with van der Waals surface area (Å²) in [6.07, 6.45) is 20.0. The molecule has 0 aliphatic heterocycles. The van der Waals surface area contributed by atoms with Gasteiger partial charge in [-0.2, -0.15) is 0 Å². The predicted octanol–water partition coefficient (Wildman–Crippen LogP) is 15.6. The molecule has 2 rings (SSSR count). The standard InChI is InChI=1S/C11H22.C11H16.C10H20O2.2C7H16/c2*1-10(2)8-9-11-6-4-3-5-7-11;1-8(2)6-7-9(11)12-10(3,4)5;1-6(2)5-7(3)4;1-4-5-6-7(2)3/h10-11H,3-9H2,1-2H3;3-7,10H,8-9H2,1-2H3;8H,6-7H2,1-5H3;6-7H,5H2,1-4H3;7H,4-6H2,1-3H3. The second kappa shape index (κ2) is 32.9. The molecule has 0 bridgehead atoms. The maximum atomic E-state index is 11.1. The molecule has 2 heteroatoms. The highest BCUT2D eigenvalue weighted by molar-refractivity contribution is 5.69. The van der Waals surface area contributed by atoms with Crippen molar-refractivity contribution < 1.29 is 9.53 Å². The first-order valence-electron chi connectivity index (χ1n) is 20.5. The van der Waals surface area contributed by atoms with Crippen molar-refractivity contribution in [1.29, 1.82) is 0 Å². The highest BCUT2D eigenvalue weighted by Crippen LogP contribution is 2.28. The maximum Gasteiger partial charge on any atom is 0.306 e. The third-order valence-corrected chi connectivity index (χ3v) is 8.15. The van der Waals surface area contributed by atoms with Crippen LogP contribution in [0.2, 0.25) is 0 Å². The van der Waals surface area contributed by atoms with E-state index in [9.17, 15) is 4.79 Å². The summed E-state index contributed by atoms with van der Waals surface area (Å²) in [5.74, 6) is 5.95. The van der Waals surface area contributed by atoms with Gasteiger partial charge < -0.3 is 4.74 Å². The Kier molecular flexibility index (Phi) is 35.0. The second-order valence-corrected chi connectivity index (χ2v) is 18.0. The molecule has 286 valence electrons. The number of hydrogen-bond acceptors (Lipinski definition) is 2. The van der Waals surface area contributed by atoms with Crippen LogP contribution < -0.4 is 0 Å². The second-order valence-electron chi connectivity index (χ2n) is 18.0. The lowest BCUT2D eigenvalue weighted by molar-refractivity contribution is -0.155. The summed E-state index contributed by atoms with van der Waals surface area (Å²) in [7, 11) is 0. The highest BCUT2D eigenvalue weighted by Gasteiger charge is 2.16. The van der Waals surface area contributed by atoms with Gasteiger partial charge in [0.1, 0.15) is 5.60 Å². The summed E-state index contributed by atoms with van der Waals surface area (Å²) < 4.78 is 5.15. The number of unbranched alkanes of at least 4 members (excludes halogenated alkanes) is 1. The molecule has 48 heavy (non-hydrogen) atoms. The lowest BCUT2D eigenvalue weighted by atomic mass is 9.85. The zero-order valence-electron chi connectivity index (χ0n) is 35.9. The molecule has 0 saturated heterocycles. The van der Waals surface area contributed by atoms with E-state index < -0.39 is 0 Å². The van der Waals surface area contributed by atoms with E-state index in [2.05, 4.69) is 120 Å². The number of aryl methyl sites for hydroxylation is 1. The van der Waals surface area contributed by atoms with Crippen molar-refractivity contribution in [2.75, 3.05) is 0 Å². The van der Waals surface area contributed by atoms with Gasteiger partial charge in [0.25, 0.3) is 0 Å². The Hall–Kier alpha value is -1.31. The lowest BCUT2D eigenvalue weighted by Gasteiger charge is -2.21. The molecule has 0 atom stereocenters. The summed E-state index contributed by atoms with van der Waals surface area (Å²) >= 11 is 0. The molecule has 0 amide bonds. The van der Waals surface area contributed by atoms with Crippen molar-refractivity contribution in [2.45, 2.75) is 213 Å². The van der Waals surface area contributed by atoms with Crippen LogP contribution in [0.1, 0.15) is 206 Å². The van der Waals surface area contributed by atoms with Crippen LogP contribution in [0.25, 0.3) is 0 Å². The third-order valence-electron chi connectivity index (χ3n) is 8.15. The van der Waals surface area contributed by atoms with Gasteiger partial charge in [0.15, 0.2) is 0 Å². The molecule has 0 spiro atoms. The highest BCUT2D eigenvalue weighted by atomic mass is 16.6. The van der Waals surface area contributed by atoms with Crippen molar-refractivity contribution in [1.82, 2.24) is 0 Å². The molecule has 0 N–H and O–H groups in total. The van der Waals surface area contributed by atoms with Crippen LogP contribution in [0.3, 0.4) is 0 Å². The number of rotatable bonds is 14. The first-order valence-corrected chi connectivity index (χ1v) is 20.5. The fraction of sp³-hybridized carbons (Fsp3) is 0.848. The van der Waals surface area contributed by atoms with Crippen LogP contribution >= 0.6 is 0 Å². The molecule has 1 aromatic rings. The first kappa shape index (κ1) is 51.1. The number of carbonyl (C=O) groups is 1. The van der Waals surface area contributed by atoms with Gasteiger partial charge in [0.05, 0.1) is 0 Å². The van der Waals surface area contributed by atoms with Gasteiger partial charge in [-0.3, -0.25) is 4.79 Å². The van der Waals surface area contributed by atoms with Crippen LogP contribution in [0.15, 0.2) is 30.3 Å². The molecule has 0 unspecified atom stereocenters. The van der Waals surface area contributed by atoms with Crippen molar-refractivity contribution in [2.24, 2.45) is 41.4 Å². The molecular weight excluding hydrogens is 585 g/mol. The molecule has 0 heterocycles. The molecule has 2 nitrogen and oxygen atoms in total. The van der Waals surface area contributed by atoms with E-state index in [-0.39, 0.29) is 11.6 Å². The van der Waals surface area contributed by atoms with Gasteiger partial charge in [-0.15, -0.1) is 0 Å². The Bertz CT molecular complexity index is 770. The minimum Gasteiger partial charge on any atom is -0.460 e. The zero-order chi connectivity index (χ0) is 37.5. The van der Waals surface area contributed by atoms with E-state index in [1.54, 1.807) is 0 Å². The summed E-state index contributed by atoms with van der Waals surface area (Å²) in [6.45, 7) is 34.9. The fourth-order valence-electron chi connectivity index (χ4n) is 5.50. The summed E-state index contributed by atoms with van der Waals surface area (Å²) in [6, 6.07) is 10.7. The minimum atomic E-state index is -0.339. The molecule has 1 aliphatic rings. The number of ether oxygens (including phenoxy) is 1. The lowest BCUT2D eigenvalue weighted by Crippen LogP contribution is -2.23. The van der Waals surface area contributed by atoms with Gasteiger partial charge in [0.2, 0.25) is 0 Å². The molecule has 0 aromatic heterocycles. The van der Waals surface area contributed by atoms with Crippen LogP contribution in [-0.4, -0.2) is 11.6 Å². The van der Waals surface area contributed by atoms with E-state index in [4.69, 9.17) is 4.74 Å². The largest absolute Gasteiger partial charge is 0.460 e. The Labute approximate surface area is 304 Å². The number of carbonyl (C=O) groups excluding carboxylic acids is 1. The van der Waals surface area contributed by atoms with Crippen molar-refractivity contribution in [3.8, 4) is 0 Å². The monoisotopic (exact) mass is 675 g/mol. The van der Waals surface area contributed by atoms with Crippen molar-refractivity contribution in [3.05, 3.63) is 35.9 Å². The van der Waals surface area contributed by atoms with Gasteiger partial charge in [-0.25, -0.2) is 0 Å². The molecular formula is C46H90O2. The Morgan fingerprint density at radius 1 is 0.667 bits per heavy atom. The van der Waals surface area contributed by atoms with Gasteiger partial charge in [-0.05, 0) is 93.4 Å².